The molecule has 0 amide bonds. The van der Waals surface area contributed by atoms with Crippen molar-refractivity contribution in [2.24, 2.45) is 5.92 Å². The summed E-state index contributed by atoms with van der Waals surface area (Å²) in [6.07, 6.45) is 9.54. The van der Waals surface area contributed by atoms with Crippen molar-refractivity contribution >= 4 is 18.7 Å². The molecule has 0 spiro atoms. The first-order valence-corrected chi connectivity index (χ1v) is 11.0. The van der Waals surface area contributed by atoms with Gasteiger partial charge in [-0.05, 0) is 29.8 Å². The summed E-state index contributed by atoms with van der Waals surface area (Å²) in [6, 6.07) is 21.1. The molecule has 0 bridgehead atoms. The van der Waals surface area contributed by atoms with Crippen LogP contribution in [0.25, 0.3) is 0 Å². The Kier molecular flexibility index (Phi) is 5.20. The van der Waals surface area contributed by atoms with Crippen molar-refractivity contribution in [2.75, 3.05) is 0 Å². The van der Waals surface area contributed by atoms with Crippen LogP contribution in [-0.4, -0.2) is 8.32 Å². The normalized spacial score (nSPS) is 15.5. The molecule has 1 aliphatic rings. The monoisotopic (exact) mass is 320 g/mol. The minimum absolute atomic E-state index is 0.522. The summed E-state index contributed by atoms with van der Waals surface area (Å²) >= 11 is 0. The van der Waals surface area contributed by atoms with Gasteiger partial charge in [-0.2, -0.15) is 0 Å². The molecule has 0 unspecified atom stereocenters. The molecule has 2 heteroatoms. The van der Waals surface area contributed by atoms with E-state index in [1.807, 2.05) is 0 Å². The van der Waals surface area contributed by atoms with Gasteiger partial charge in [0.1, 0.15) is 0 Å². The Bertz CT molecular complexity index is 624. The minimum Gasteiger partial charge on any atom is -0.490 e. The van der Waals surface area contributed by atoms with Gasteiger partial charge in [-0.25, -0.2) is 0 Å². The summed E-state index contributed by atoms with van der Waals surface area (Å²) in [7, 11) is -2.26. The predicted molar refractivity (Wildman–Crippen MR) is 99.2 cm³/mol. The Labute approximate surface area is 140 Å². The van der Waals surface area contributed by atoms with Crippen LogP contribution in [0.3, 0.4) is 0 Å². The summed E-state index contributed by atoms with van der Waals surface area (Å²) in [6.45, 7) is 2.24. The van der Waals surface area contributed by atoms with E-state index in [2.05, 4.69) is 79.2 Å². The second kappa shape index (κ2) is 7.52. The lowest BCUT2D eigenvalue weighted by atomic mass is 9.90. The van der Waals surface area contributed by atoms with E-state index in [1.165, 1.54) is 42.5 Å². The molecule has 3 rings (SSSR count). The van der Waals surface area contributed by atoms with E-state index in [4.69, 9.17) is 4.43 Å². The van der Waals surface area contributed by atoms with E-state index in [9.17, 15) is 0 Å². The predicted octanol–water partition coefficient (Wildman–Crippen LogP) is 3.93. The van der Waals surface area contributed by atoms with Gasteiger partial charge in [-0.15, -0.1) is 0 Å². The van der Waals surface area contributed by atoms with E-state index in [0.29, 0.717) is 5.92 Å². The summed E-state index contributed by atoms with van der Waals surface area (Å²) in [5, 5.41) is 2.54. The molecular formula is C21H24OSi. The van der Waals surface area contributed by atoms with Crippen LogP contribution in [0.4, 0.5) is 0 Å². The first-order chi connectivity index (χ1) is 11.3. The third-order valence-electron chi connectivity index (χ3n) is 4.77. The maximum absolute atomic E-state index is 6.28. The smallest absolute Gasteiger partial charge is 0.324 e. The van der Waals surface area contributed by atoms with Crippen LogP contribution in [0, 0.1) is 17.9 Å². The summed E-state index contributed by atoms with van der Waals surface area (Å²) in [4.78, 5) is 0. The van der Waals surface area contributed by atoms with Crippen LogP contribution in [0.5, 0.6) is 0 Å². The lowest BCUT2D eigenvalue weighted by molar-refractivity contribution is 0.426. The third-order valence-corrected chi connectivity index (χ3v) is 8.15. The topological polar surface area (TPSA) is 9.23 Å². The zero-order valence-corrected chi connectivity index (χ0v) is 14.8. The standard InChI is InChI=1S/C21H24OSi/c1-23(20-13-7-3-8-14-20,21-15-9-4-10-16-21)22-18-17-19-11-5-2-6-12-19/h3-4,7-10,13-16,19H,2,5-6,11-12H2,1H3. The SMILES string of the molecule is C[Si](OC#CC1CCCCC1)(c1ccccc1)c1ccccc1. The van der Waals surface area contributed by atoms with Crippen molar-refractivity contribution in [3.8, 4) is 12.0 Å². The minimum atomic E-state index is -2.26. The van der Waals surface area contributed by atoms with E-state index < -0.39 is 8.32 Å². The van der Waals surface area contributed by atoms with Gasteiger partial charge in [-0.3, -0.25) is 0 Å². The zero-order chi connectivity index (χ0) is 16.0. The van der Waals surface area contributed by atoms with E-state index in [-0.39, 0.29) is 0 Å². The Balaban J connectivity index is 1.86. The van der Waals surface area contributed by atoms with Crippen LogP contribution in [0.2, 0.25) is 6.55 Å². The maximum Gasteiger partial charge on any atom is 0.324 e. The Morgan fingerprint density at radius 3 is 1.87 bits per heavy atom. The zero-order valence-electron chi connectivity index (χ0n) is 13.8. The van der Waals surface area contributed by atoms with Crippen molar-refractivity contribution in [3.63, 3.8) is 0 Å². The second-order valence-electron chi connectivity index (χ2n) is 6.45. The third kappa shape index (κ3) is 3.86. The average Bonchev–Trinajstić information content (AvgIpc) is 2.64. The Hall–Kier alpha value is -1.98. The van der Waals surface area contributed by atoms with Gasteiger partial charge in [0, 0.05) is 5.92 Å². The molecule has 0 aromatic heterocycles. The molecule has 0 atom stereocenters. The highest BCUT2D eigenvalue weighted by atomic mass is 28.4. The summed E-state index contributed by atoms with van der Waals surface area (Å²) in [5.41, 5.74) is 0. The highest BCUT2D eigenvalue weighted by Gasteiger charge is 2.35. The lowest BCUT2D eigenvalue weighted by Gasteiger charge is -2.25. The van der Waals surface area contributed by atoms with Crippen molar-refractivity contribution in [1.29, 1.82) is 0 Å². The van der Waals surface area contributed by atoms with Crippen LogP contribution in [0.1, 0.15) is 32.1 Å². The highest BCUT2D eigenvalue weighted by molar-refractivity contribution is 6.96. The molecule has 1 nitrogen and oxygen atoms in total. The van der Waals surface area contributed by atoms with Crippen molar-refractivity contribution in [2.45, 2.75) is 38.7 Å². The molecule has 0 aliphatic heterocycles. The molecule has 23 heavy (non-hydrogen) atoms. The molecule has 118 valence electrons. The van der Waals surface area contributed by atoms with Crippen molar-refractivity contribution in [3.05, 3.63) is 60.7 Å². The fourth-order valence-electron chi connectivity index (χ4n) is 3.26. The molecule has 1 fully saturated rings. The van der Waals surface area contributed by atoms with Gasteiger partial charge in [0.15, 0.2) is 0 Å². The largest absolute Gasteiger partial charge is 0.490 e. The van der Waals surface area contributed by atoms with Gasteiger partial charge in [0.25, 0.3) is 0 Å². The average molecular weight is 321 g/mol. The molecule has 0 heterocycles. The van der Waals surface area contributed by atoms with Gasteiger partial charge >= 0.3 is 8.32 Å². The number of rotatable bonds is 3. The fourth-order valence-corrected chi connectivity index (χ4v) is 5.75. The number of benzene rings is 2. The van der Waals surface area contributed by atoms with Crippen LogP contribution in [0.15, 0.2) is 60.7 Å². The number of hydrogen-bond acceptors (Lipinski definition) is 1. The van der Waals surface area contributed by atoms with E-state index in [0.717, 1.165) is 0 Å². The first-order valence-electron chi connectivity index (χ1n) is 8.58. The number of hydrogen-bond donors (Lipinski definition) is 0. The van der Waals surface area contributed by atoms with Gasteiger partial charge in [0.05, 0.1) is 6.11 Å². The van der Waals surface area contributed by atoms with Crippen LogP contribution < -0.4 is 10.4 Å². The quantitative estimate of drug-likeness (QED) is 0.615. The highest BCUT2D eigenvalue weighted by Crippen LogP contribution is 2.22. The van der Waals surface area contributed by atoms with E-state index in [1.54, 1.807) is 0 Å². The van der Waals surface area contributed by atoms with Crippen molar-refractivity contribution < 1.29 is 4.43 Å². The lowest BCUT2D eigenvalue weighted by Crippen LogP contribution is -2.57. The van der Waals surface area contributed by atoms with Gasteiger partial charge in [-0.1, -0.05) is 85.8 Å². The van der Waals surface area contributed by atoms with E-state index >= 15 is 0 Å². The molecule has 0 radical (unpaired) electrons. The van der Waals surface area contributed by atoms with Crippen LogP contribution >= 0.6 is 0 Å². The van der Waals surface area contributed by atoms with Crippen LogP contribution in [-0.2, 0) is 4.43 Å². The van der Waals surface area contributed by atoms with Gasteiger partial charge < -0.3 is 4.43 Å². The van der Waals surface area contributed by atoms with Crippen molar-refractivity contribution in [1.82, 2.24) is 0 Å². The first kappa shape index (κ1) is 15.9. The maximum atomic E-state index is 6.28. The fraction of sp³-hybridized carbons (Fsp3) is 0.333. The molecule has 0 saturated heterocycles. The molecule has 0 N–H and O–H groups in total. The molecule has 1 saturated carbocycles. The Morgan fingerprint density at radius 2 is 1.35 bits per heavy atom. The summed E-state index contributed by atoms with van der Waals surface area (Å²) in [5.74, 6) is 3.90. The molecular weight excluding hydrogens is 296 g/mol. The summed E-state index contributed by atoms with van der Waals surface area (Å²) < 4.78 is 6.28. The molecule has 1 aliphatic carbocycles. The second-order valence-corrected chi connectivity index (χ2v) is 9.87. The molecule has 2 aromatic rings. The molecule has 2 aromatic carbocycles. The Morgan fingerprint density at radius 1 is 0.826 bits per heavy atom. The van der Waals surface area contributed by atoms with Gasteiger partial charge in [0.2, 0.25) is 0 Å².